The highest BCUT2D eigenvalue weighted by atomic mass is 16.4. The van der Waals surface area contributed by atoms with Gasteiger partial charge in [0.25, 0.3) is 0 Å². The van der Waals surface area contributed by atoms with E-state index in [1.807, 2.05) is 0 Å². The van der Waals surface area contributed by atoms with Crippen LogP contribution in [0.2, 0.25) is 0 Å². The van der Waals surface area contributed by atoms with Gasteiger partial charge in [-0.15, -0.1) is 0 Å². The molecule has 0 amide bonds. The molecule has 1 saturated heterocycles. The van der Waals surface area contributed by atoms with Crippen LogP contribution in [0.1, 0.15) is 25.7 Å². The topological polar surface area (TPSA) is 102 Å². The predicted molar refractivity (Wildman–Crippen MR) is 74.8 cm³/mol. The van der Waals surface area contributed by atoms with E-state index in [9.17, 15) is 14.7 Å². The summed E-state index contributed by atoms with van der Waals surface area (Å²) in [6.45, 7) is 4.57. The molecule has 116 valence electrons. The molecule has 1 atom stereocenters. The molecule has 0 aliphatic carbocycles. The monoisotopic (exact) mass is 287 g/mol. The van der Waals surface area contributed by atoms with E-state index in [2.05, 4.69) is 10.6 Å². The summed E-state index contributed by atoms with van der Waals surface area (Å²) in [5.74, 6) is -2.12. The molecule has 0 saturated carbocycles. The fourth-order valence-corrected chi connectivity index (χ4v) is 2.35. The van der Waals surface area contributed by atoms with Crippen molar-refractivity contribution >= 4 is 11.9 Å². The van der Waals surface area contributed by atoms with Crippen molar-refractivity contribution in [1.82, 2.24) is 15.5 Å². The van der Waals surface area contributed by atoms with E-state index >= 15 is 0 Å². The van der Waals surface area contributed by atoms with Crippen molar-refractivity contribution in [2.45, 2.75) is 31.7 Å². The zero-order chi connectivity index (χ0) is 14.8. The molecule has 20 heavy (non-hydrogen) atoms. The van der Waals surface area contributed by atoms with Gasteiger partial charge in [0.15, 0.2) is 0 Å². The van der Waals surface area contributed by atoms with Gasteiger partial charge in [0.05, 0.1) is 6.42 Å². The molecule has 0 radical (unpaired) electrons. The largest absolute Gasteiger partial charge is 0.481 e. The maximum atomic E-state index is 11.3. The number of hydrogen-bond donors (Lipinski definition) is 4. The zero-order valence-corrected chi connectivity index (χ0v) is 11.8. The van der Waals surface area contributed by atoms with E-state index < -0.39 is 18.0 Å². The van der Waals surface area contributed by atoms with Gasteiger partial charge in [-0.05, 0) is 25.9 Å². The van der Waals surface area contributed by atoms with Gasteiger partial charge in [-0.25, -0.2) is 0 Å². The van der Waals surface area contributed by atoms with Gasteiger partial charge in [0.1, 0.15) is 6.04 Å². The third-order valence-corrected chi connectivity index (χ3v) is 3.45. The Balaban J connectivity index is 2.58. The van der Waals surface area contributed by atoms with Crippen LogP contribution < -0.4 is 10.6 Å². The van der Waals surface area contributed by atoms with Gasteiger partial charge in [-0.3, -0.25) is 14.5 Å². The Labute approximate surface area is 119 Å². The molecule has 0 aromatic rings. The summed E-state index contributed by atoms with van der Waals surface area (Å²) >= 11 is 0. The van der Waals surface area contributed by atoms with Gasteiger partial charge in [0, 0.05) is 26.2 Å². The first-order chi connectivity index (χ1) is 9.61. The van der Waals surface area contributed by atoms with Crippen LogP contribution in [0.4, 0.5) is 0 Å². The normalized spacial score (nSPS) is 21.4. The summed E-state index contributed by atoms with van der Waals surface area (Å²) in [7, 11) is 0. The third kappa shape index (κ3) is 6.83. The molecule has 1 fully saturated rings. The summed E-state index contributed by atoms with van der Waals surface area (Å²) in [6, 6.07) is -0.935. The van der Waals surface area contributed by atoms with Crippen LogP contribution in [0.3, 0.4) is 0 Å². The molecular formula is C13H25N3O4. The van der Waals surface area contributed by atoms with Gasteiger partial charge in [-0.1, -0.05) is 6.42 Å². The number of carboxylic acid groups (broad SMARTS) is 2. The van der Waals surface area contributed by atoms with E-state index in [0.29, 0.717) is 19.6 Å². The van der Waals surface area contributed by atoms with Crippen molar-refractivity contribution < 1.29 is 19.8 Å². The van der Waals surface area contributed by atoms with Crippen molar-refractivity contribution in [3.8, 4) is 0 Å². The summed E-state index contributed by atoms with van der Waals surface area (Å²) in [6.07, 6.45) is 2.63. The summed E-state index contributed by atoms with van der Waals surface area (Å²) < 4.78 is 0. The Morgan fingerprint density at radius 3 is 2.30 bits per heavy atom. The fourth-order valence-electron chi connectivity index (χ4n) is 2.35. The standard InChI is InChI=1S/C13H25N3O4/c17-12(18)10-11(13(19)20)16-8-3-1-2-4-14-5-6-15-7-9-16/h11,14-15H,1-10H2,(H,17,18)(H,19,20). The summed E-state index contributed by atoms with van der Waals surface area (Å²) in [4.78, 5) is 23.9. The molecule has 0 aromatic heterocycles. The molecule has 7 heteroatoms. The highest BCUT2D eigenvalue weighted by Gasteiger charge is 2.27. The third-order valence-electron chi connectivity index (χ3n) is 3.45. The minimum Gasteiger partial charge on any atom is -0.481 e. The van der Waals surface area contributed by atoms with Crippen molar-refractivity contribution in [1.29, 1.82) is 0 Å². The molecule has 1 rings (SSSR count). The van der Waals surface area contributed by atoms with Gasteiger partial charge >= 0.3 is 11.9 Å². The molecule has 0 bridgehead atoms. The van der Waals surface area contributed by atoms with E-state index in [1.165, 1.54) is 0 Å². The van der Waals surface area contributed by atoms with Crippen LogP contribution in [0.25, 0.3) is 0 Å². The van der Waals surface area contributed by atoms with Crippen molar-refractivity contribution in [2.24, 2.45) is 0 Å². The summed E-state index contributed by atoms with van der Waals surface area (Å²) in [5.41, 5.74) is 0. The fraction of sp³-hybridized carbons (Fsp3) is 0.846. The maximum Gasteiger partial charge on any atom is 0.321 e. The van der Waals surface area contributed by atoms with Gasteiger partial charge in [-0.2, -0.15) is 0 Å². The number of carbonyl (C=O) groups is 2. The average molecular weight is 287 g/mol. The SMILES string of the molecule is O=C(O)CC(C(=O)O)N1CCCCCNCCNCC1. The lowest BCUT2D eigenvalue weighted by Crippen LogP contribution is -2.46. The number of aliphatic carboxylic acids is 2. The first-order valence-corrected chi connectivity index (χ1v) is 7.21. The molecule has 1 heterocycles. The number of rotatable bonds is 4. The van der Waals surface area contributed by atoms with Crippen molar-refractivity contribution in [3.05, 3.63) is 0 Å². The molecule has 7 nitrogen and oxygen atoms in total. The highest BCUT2D eigenvalue weighted by molar-refractivity contribution is 5.80. The van der Waals surface area contributed by atoms with E-state index in [4.69, 9.17) is 5.11 Å². The Hall–Kier alpha value is -1.18. The zero-order valence-electron chi connectivity index (χ0n) is 11.8. The van der Waals surface area contributed by atoms with Gasteiger partial charge < -0.3 is 20.8 Å². The Morgan fingerprint density at radius 1 is 0.950 bits per heavy atom. The second-order valence-electron chi connectivity index (χ2n) is 5.05. The van der Waals surface area contributed by atoms with Crippen LogP contribution in [0.5, 0.6) is 0 Å². The van der Waals surface area contributed by atoms with Crippen LogP contribution in [0.15, 0.2) is 0 Å². The summed E-state index contributed by atoms with van der Waals surface area (Å²) in [5, 5.41) is 24.7. The minimum atomic E-state index is -1.07. The maximum absolute atomic E-state index is 11.3. The molecule has 0 spiro atoms. The molecule has 0 aromatic carbocycles. The minimum absolute atomic E-state index is 0.350. The van der Waals surface area contributed by atoms with Crippen LogP contribution in [-0.2, 0) is 9.59 Å². The van der Waals surface area contributed by atoms with E-state index in [-0.39, 0.29) is 6.42 Å². The smallest absolute Gasteiger partial charge is 0.321 e. The highest BCUT2D eigenvalue weighted by Crippen LogP contribution is 2.08. The second kappa shape index (κ2) is 9.68. The van der Waals surface area contributed by atoms with E-state index in [1.54, 1.807) is 4.90 Å². The number of hydrogen-bond acceptors (Lipinski definition) is 5. The Morgan fingerprint density at radius 2 is 1.65 bits per heavy atom. The predicted octanol–water partition coefficient (Wildman–Crippen LogP) is -0.421. The van der Waals surface area contributed by atoms with Crippen LogP contribution in [-0.4, -0.2) is 72.4 Å². The first kappa shape index (κ1) is 16.9. The number of nitrogens with zero attached hydrogens (tertiary/aromatic N) is 1. The van der Waals surface area contributed by atoms with Gasteiger partial charge in [0.2, 0.25) is 0 Å². The first-order valence-electron chi connectivity index (χ1n) is 7.21. The lowest BCUT2D eigenvalue weighted by Gasteiger charge is -2.28. The Bertz CT molecular complexity index is 300. The Kier molecular flexibility index (Phi) is 8.17. The average Bonchev–Trinajstić information content (AvgIpc) is 2.36. The quantitative estimate of drug-likeness (QED) is 0.557. The van der Waals surface area contributed by atoms with Crippen molar-refractivity contribution in [2.75, 3.05) is 39.3 Å². The molecule has 4 N–H and O–H groups in total. The number of nitrogens with one attached hydrogen (secondary N) is 2. The second-order valence-corrected chi connectivity index (χ2v) is 5.05. The molecule has 1 aliphatic rings. The lowest BCUT2D eigenvalue weighted by molar-refractivity contribution is -0.149. The number of carboxylic acids is 2. The molecule has 1 unspecified atom stereocenters. The molecule has 1 aliphatic heterocycles. The van der Waals surface area contributed by atoms with E-state index in [0.717, 1.165) is 38.9 Å². The van der Waals surface area contributed by atoms with Crippen molar-refractivity contribution in [3.63, 3.8) is 0 Å². The van der Waals surface area contributed by atoms with Crippen LogP contribution >= 0.6 is 0 Å². The van der Waals surface area contributed by atoms with Crippen LogP contribution in [0, 0.1) is 0 Å². The lowest BCUT2D eigenvalue weighted by atomic mass is 10.1. The molecular weight excluding hydrogens is 262 g/mol.